The molecule has 0 unspecified atom stereocenters. The number of rotatable bonds is 3. The molecule has 5 nitrogen and oxygen atoms in total. The van der Waals surface area contributed by atoms with Gasteiger partial charge in [-0.3, -0.25) is 4.79 Å². The first-order valence-electron chi connectivity index (χ1n) is 6.97. The van der Waals surface area contributed by atoms with Gasteiger partial charge in [-0.05, 0) is 25.3 Å². The van der Waals surface area contributed by atoms with Crippen LogP contribution in [-0.4, -0.2) is 33.5 Å². The monoisotopic (exact) mass is 292 g/mol. The minimum absolute atomic E-state index is 0.0756. The average Bonchev–Trinajstić information content (AvgIpc) is 2.51. The van der Waals surface area contributed by atoms with Crippen LogP contribution in [0, 0.1) is 0 Å². The molecule has 0 amide bonds. The maximum Gasteiger partial charge on any atom is 0.261 e. The van der Waals surface area contributed by atoms with Crippen LogP contribution in [-0.2, 0) is 6.54 Å². The largest absolute Gasteiger partial charge is 0.341 e. The molecule has 0 bridgehead atoms. The van der Waals surface area contributed by atoms with E-state index in [1.165, 1.54) is 19.3 Å². The van der Waals surface area contributed by atoms with Crippen LogP contribution in [0.2, 0.25) is 0 Å². The van der Waals surface area contributed by atoms with Crippen LogP contribution in [0.15, 0.2) is 23.3 Å². The number of hydrogen-bond donors (Lipinski definition) is 0. The lowest BCUT2D eigenvalue weighted by Gasteiger charge is -2.26. The summed E-state index contributed by atoms with van der Waals surface area (Å²) in [4.78, 5) is 23.3. The number of hydrogen-bond acceptors (Lipinski definition) is 4. The maximum absolute atomic E-state index is 12.2. The number of fused-ring (bicyclic) bond motifs is 1. The topological polar surface area (TPSA) is 51.0 Å². The lowest BCUT2D eigenvalue weighted by molar-refractivity contribution is 0.569. The summed E-state index contributed by atoms with van der Waals surface area (Å²) in [6.45, 7) is 2.49. The first-order chi connectivity index (χ1) is 9.79. The average molecular weight is 293 g/mol. The molecule has 0 aliphatic carbocycles. The smallest absolute Gasteiger partial charge is 0.261 e. The first-order valence-corrected chi connectivity index (χ1v) is 7.50. The van der Waals surface area contributed by atoms with Gasteiger partial charge in [-0.15, -0.1) is 11.6 Å². The number of anilines is 1. The Morgan fingerprint density at radius 3 is 2.80 bits per heavy atom. The van der Waals surface area contributed by atoms with Gasteiger partial charge in [-0.25, -0.2) is 9.97 Å². The molecule has 0 atom stereocenters. The number of halogens is 1. The van der Waals surface area contributed by atoms with Gasteiger partial charge in [0.05, 0.1) is 10.9 Å². The Kier molecular flexibility index (Phi) is 3.87. The van der Waals surface area contributed by atoms with Crippen LogP contribution in [0.25, 0.3) is 10.9 Å². The van der Waals surface area contributed by atoms with Crippen molar-refractivity contribution in [2.75, 3.05) is 23.9 Å². The quantitative estimate of drug-likeness (QED) is 0.812. The van der Waals surface area contributed by atoms with Gasteiger partial charge in [0, 0.05) is 37.9 Å². The third-order valence-corrected chi connectivity index (χ3v) is 3.84. The lowest BCUT2D eigenvalue weighted by Crippen LogP contribution is -2.31. The fraction of sp³-hybridized carbons (Fsp3) is 0.500. The van der Waals surface area contributed by atoms with E-state index in [2.05, 4.69) is 14.9 Å². The van der Waals surface area contributed by atoms with E-state index in [-0.39, 0.29) is 5.56 Å². The molecule has 2 aromatic rings. The van der Waals surface area contributed by atoms with Crippen molar-refractivity contribution < 1.29 is 0 Å². The number of piperidine rings is 1. The Morgan fingerprint density at radius 2 is 2.05 bits per heavy atom. The van der Waals surface area contributed by atoms with Crippen molar-refractivity contribution in [2.45, 2.75) is 25.8 Å². The van der Waals surface area contributed by atoms with E-state index in [0.29, 0.717) is 23.3 Å². The molecule has 106 valence electrons. The van der Waals surface area contributed by atoms with Gasteiger partial charge in [0.25, 0.3) is 5.56 Å². The molecule has 6 heteroatoms. The minimum atomic E-state index is -0.0756. The third kappa shape index (κ3) is 2.50. The van der Waals surface area contributed by atoms with Crippen LogP contribution >= 0.6 is 11.6 Å². The van der Waals surface area contributed by atoms with Gasteiger partial charge in [-0.2, -0.15) is 0 Å². The van der Waals surface area contributed by atoms with Gasteiger partial charge in [0.15, 0.2) is 0 Å². The van der Waals surface area contributed by atoms with E-state index >= 15 is 0 Å². The summed E-state index contributed by atoms with van der Waals surface area (Å²) >= 11 is 5.69. The Balaban J connectivity index is 1.99. The third-order valence-electron chi connectivity index (χ3n) is 3.67. The molecule has 0 aromatic carbocycles. The van der Waals surface area contributed by atoms with E-state index in [4.69, 9.17) is 11.6 Å². The zero-order valence-electron chi connectivity index (χ0n) is 11.3. The summed E-state index contributed by atoms with van der Waals surface area (Å²) in [5, 5.41) is 0.554. The molecule has 3 heterocycles. The van der Waals surface area contributed by atoms with Crippen LogP contribution in [0.1, 0.15) is 19.3 Å². The van der Waals surface area contributed by atoms with Crippen LogP contribution in [0.3, 0.4) is 0 Å². The lowest BCUT2D eigenvalue weighted by atomic mass is 10.1. The van der Waals surface area contributed by atoms with Crippen molar-refractivity contribution in [2.24, 2.45) is 0 Å². The zero-order valence-corrected chi connectivity index (χ0v) is 12.0. The number of aryl methyl sites for hydroxylation is 1. The summed E-state index contributed by atoms with van der Waals surface area (Å²) in [5.74, 6) is 1.14. The number of pyridine rings is 1. The fourth-order valence-electron chi connectivity index (χ4n) is 2.57. The SMILES string of the molecule is O=c1c2cnc(N3CCCCC3)nc2ccn1CCCl. The Bertz CT molecular complexity index is 664. The molecule has 3 rings (SSSR count). The van der Waals surface area contributed by atoms with Crippen molar-refractivity contribution in [1.29, 1.82) is 0 Å². The summed E-state index contributed by atoms with van der Waals surface area (Å²) < 4.78 is 1.60. The molecule has 0 N–H and O–H groups in total. The van der Waals surface area contributed by atoms with Crippen LogP contribution in [0.5, 0.6) is 0 Å². The number of aromatic nitrogens is 3. The number of nitrogens with zero attached hydrogens (tertiary/aromatic N) is 4. The van der Waals surface area contributed by atoms with E-state index < -0.39 is 0 Å². The van der Waals surface area contributed by atoms with Crippen molar-refractivity contribution in [3.63, 3.8) is 0 Å². The molecule has 1 aliphatic rings. The highest BCUT2D eigenvalue weighted by Gasteiger charge is 2.14. The maximum atomic E-state index is 12.2. The van der Waals surface area contributed by atoms with E-state index in [1.807, 2.05) is 6.07 Å². The summed E-state index contributed by atoms with van der Waals surface area (Å²) in [7, 11) is 0. The van der Waals surface area contributed by atoms with Gasteiger partial charge in [-0.1, -0.05) is 0 Å². The summed E-state index contributed by atoms with van der Waals surface area (Å²) in [6.07, 6.45) is 7.02. The Morgan fingerprint density at radius 1 is 1.25 bits per heavy atom. The zero-order chi connectivity index (χ0) is 13.9. The second-order valence-electron chi connectivity index (χ2n) is 5.02. The fourth-order valence-corrected chi connectivity index (χ4v) is 2.76. The van der Waals surface area contributed by atoms with Crippen molar-refractivity contribution in [3.05, 3.63) is 28.8 Å². The molecule has 0 saturated carbocycles. The summed E-state index contributed by atoms with van der Waals surface area (Å²) in [6, 6.07) is 1.86. The highest BCUT2D eigenvalue weighted by molar-refractivity contribution is 6.17. The minimum Gasteiger partial charge on any atom is -0.341 e. The van der Waals surface area contributed by atoms with Crippen LogP contribution in [0.4, 0.5) is 5.95 Å². The van der Waals surface area contributed by atoms with Crippen molar-refractivity contribution in [3.8, 4) is 0 Å². The van der Waals surface area contributed by atoms with E-state index in [1.54, 1.807) is 17.0 Å². The molecular formula is C14H17ClN4O. The van der Waals surface area contributed by atoms with Gasteiger partial charge in [0.1, 0.15) is 0 Å². The highest BCUT2D eigenvalue weighted by atomic mass is 35.5. The molecule has 1 aliphatic heterocycles. The predicted molar refractivity (Wildman–Crippen MR) is 80.6 cm³/mol. The van der Waals surface area contributed by atoms with Crippen molar-refractivity contribution in [1.82, 2.24) is 14.5 Å². The molecule has 2 aromatic heterocycles. The van der Waals surface area contributed by atoms with E-state index in [0.717, 1.165) is 19.0 Å². The highest BCUT2D eigenvalue weighted by Crippen LogP contribution is 2.17. The van der Waals surface area contributed by atoms with Gasteiger partial charge < -0.3 is 9.47 Å². The first kappa shape index (κ1) is 13.4. The Labute approximate surface area is 122 Å². The standard InChI is InChI=1S/C14H17ClN4O/c15-5-9-18-8-4-12-11(13(18)20)10-16-14(17-12)19-6-2-1-3-7-19/h4,8,10H,1-3,5-7,9H2. The molecule has 1 fully saturated rings. The Hall–Kier alpha value is -1.62. The molecule has 1 saturated heterocycles. The number of alkyl halides is 1. The van der Waals surface area contributed by atoms with Crippen LogP contribution < -0.4 is 10.5 Å². The second kappa shape index (κ2) is 5.79. The molecule has 0 spiro atoms. The molecule has 20 heavy (non-hydrogen) atoms. The second-order valence-corrected chi connectivity index (χ2v) is 5.40. The molecule has 0 radical (unpaired) electrons. The summed E-state index contributed by atoms with van der Waals surface area (Å²) in [5.41, 5.74) is 0.629. The van der Waals surface area contributed by atoms with Gasteiger partial charge in [0.2, 0.25) is 5.95 Å². The van der Waals surface area contributed by atoms with Gasteiger partial charge >= 0.3 is 0 Å². The predicted octanol–water partition coefficient (Wildman–Crippen LogP) is 2.02. The molecular weight excluding hydrogens is 276 g/mol. The van der Waals surface area contributed by atoms with E-state index in [9.17, 15) is 4.79 Å². The van der Waals surface area contributed by atoms with Crippen molar-refractivity contribution >= 4 is 28.5 Å². The normalized spacial score (nSPS) is 15.8.